The Balaban J connectivity index is 1.65. The minimum absolute atomic E-state index is 0.00925. The molecule has 1 N–H and O–H groups in total. The van der Waals surface area contributed by atoms with Crippen molar-refractivity contribution in [3.8, 4) is 0 Å². The highest BCUT2D eigenvalue weighted by atomic mass is 16.1. The standard InChI is InChI=1S/C18H20N2O/c21-18(20-12-9-14-5-2-1-3-6-14)16-8-4-7-15-10-11-19-13-17(15)16/h4-5,7-8,10-11,13H,1-3,6,9,12H2,(H,20,21). The van der Waals surface area contributed by atoms with Crippen LogP contribution in [0, 0.1) is 0 Å². The normalized spacial score (nSPS) is 14.8. The van der Waals surface area contributed by atoms with Crippen molar-refractivity contribution < 1.29 is 4.79 Å². The van der Waals surface area contributed by atoms with Crippen molar-refractivity contribution in [3.63, 3.8) is 0 Å². The van der Waals surface area contributed by atoms with E-state index in [0.717, 1.165) is 17.2 Å². The van der Waals surface area contributed by atoms with Gasteiger partial charge in [-0.1, -0.05) is 23.8 Å². The van der Waals surface area contributed by atoms with Crippen molar-refractivity contribution in [2.75, 3.05) is 6.54 Å². The maximum absolute atomic E-state index is 12.3. The SMILES string of the molecule is O=C(NCCC1=CCCCC1)c1cccc2ccncc12. The molecule has 1 aromatic carbocycles. The van der Waals surface area contributed by atoms with Crippen LogP contribution in [-0.2, 0) is 0 Å². The molecule has 0 spiro atoms. The summed E-state index contributed by atoms with van der Waals surface area (Å²) in [5.41, 5.74) is 2.19. The van der Waals surface area contributed by atoms with Crippen LogP contribution >= 0.6 is 0 Å². The van der Waals surface area contributed by atoms with Gasteiger partial charge >= 0.3 is 0 Å². The number of benzene rings is 1. The number of allylic oxidation sites excluding steroid dienone is 1. The topological polar surface area (TPSA) is 42.0 Å². The highest BCUT2D eigenvalue weighted by molar-refractivity contribution is 6.06. The van der Waals surface area contributed by atoms with Crippen LogP contribution in [0.1, 0.15) is 42.5 Å². The Bertz CT molecular complexity index is 670. The van der Waals surface area contributed by atoms with Gasteiger partial charge in [0.2, 0.25) is 0 Å². The van der Waals surface area contributed by atoms with Crippen LogP contribution in [-0.4, -0.2) is 17.4 Å². The number of fused-ring (bicyclic) bond motifs is 1. The van der Waals surface area contributed by atoms with Gasteiger partial charge in [0.25, 0.3) is 5.91 Å². The number of amides is 1. The number of aromatic nitrogens is 1. The molecule has 21 heavy (non-hydrogen) atoms. The van der Waals surface area contributed by atoms with Gasteiger partial charge in [-0.15, -0.1) is 0 Å². The fourth-order valence-corrected chi connectivity index (χ4v) is 2.87. The van der Waals surface area contributed by atoms with Crippen LogP contribution in [0.3, 0.4) is 0 Å². The minimum atomic E-state index is -0.00925. The van der Waals surface area contributed by atoms with Gasteiger partial charge in [0.15, 0.2) is 0 Å². The number of hydrogen-bond donors (Lipinski definition) is 1. The summed E-state index contributed by atoms with van der Waals surface area (Å²) in [7, 11) is 0. The second kappa shape index (κ2) is 6.53. The van der Waals surface area contributed by atoms with Crippen LogP contribution in [0.25, 0.3) is 10.8 Å². The van der Waals surface area contributed by atoms with Crippen LogP contribution in [0.4, 0.5) is 0 Å². The molecule has 3 rings (SSSR count). The molecule has 0 unspecified atom stereocenters. The largest absolute Gasteiger partial charge is 0.352 e. The molecule has 3 heteroatoms. The lowest BCUT2D eigenvalue weighted by Gasteiger charge is -2.13. The van der Waals surface area contributed by atoms with Crippen LogP contribution in [0.15, 0.2) is 48.3 Å². The molecule has 1 aliphatic rings. The minimum Gasteiger partial charge on any atom is -0.352 e. The van der Waals surface area contributed by atoms with E-state index < -0.39 is 0 Å². The average molecular weight is 280 g/mol. The quantitative estimate of drug-likeness (QED) is 0.864. The fraction of sp³-hybridized carbons (Fsp3) is 0.333. The second-order valence-electron chi connectivity index (χ2n) is 5.52. The monoisotopic (exact) mass is 280 g/mol. The summed E-state index contributed by atoms with van der Waals surface area (Å²) in [5.74, 6) is -0.00925. The molecule has 1 aromatic heterocycles. The molecule has 1 aliphatic carbocycles. The third-order valence-electron chi connectivity index (χ3n) is 4.04. The van der Waals surface area contributed by atoms with Gasteiger partial charge in [-0.3, -0.25) is 9.78 Å². The van der Waals surface area contributed by atoms with E-state index in [1.807, 2.05) is 24.3 Å². The van der Waals surface area contributed by atoms with E-state index in [0.29, 0.717) is 12.1 Å². The molecule has 0 radical (unpaired) electrons. The molecule has 0 fully saturated rings. The van der Waals surface area contributed by atoms with Crippen molar-refractivity contribution in [1.29, 1.82) is 0 Å². The van der Waals surface area contributed by atoms with Gasteiger partial charge in [0, 0.05) is 29.9 Å². The Labute approximate surface area is 125 Å². The molecule has 2 aromatic rings. The van der Waals surface area contributed by atoms with E-state index in [2.05, 4.69) is 16.4 Å². The van der Waals surface area contributed by atoms with Gasteiger partial charge in [-0.2, -0.15) is 0 Å². The Morgan fingerprint density at radius 2 is 2.19 bits per heavy atom. The lowest BCUT2D eigenvalue weighted by atomic mass is 9.97. The third kappa shape index (κ3) is 3.30. The van der Waals surface area contributed by atoms with Gasteiger partial charge < -0.3 is 5.32 Å². The number of pyridine rings is 1. The number of nitrogens with one attached hydrogen (secondary N) is 1. The summed E-state index contributed by atoms with van der Waals surface area (Å²) < 4.78 is 0. The van der Waals surface area contributed by atoms with E-state index in [-0.39, 0.29) is 5.91 Å². The summed E-state index contributed by atoms with van der Waals surface area (Å²) >= 11 is 0. The lowest BCUT2D eigenvalue weighted by Crippen LogP contribution is -2.25. The Kier molecular flexibility index (Phi) is 4.29. The predicted octanol–water partition coefficient (Wildman–Crippen LogP) is 3.86. The Morgan fingerprint density at radius 3 is 3.05 bits per heavy atom. The second-order valence-corrected chi connectivity index (χ2v) is 5.52. The summed E-state index contributed by atoms with van der Waals surface area (Å²) in [6.07, 6.45) is 11.8. The number of carbonyl (C=O) groups is 1. The Hall–Kier alpha value is -2.16. The highest BCUT2D eigenvalue weighted by Crippen LogP contribution is 2.20. The van der Waals surface area contributed by atoms with E-state index in [1.54, 1.807) is 12.4 Å². The molecular formula is C18H20N2O. The molecule has 0 bridgehead atoms. The van der Waals surface area contributed by atoms with Crippen molar-refractivity contribution in [3.05, 3.63) is 53.9 Å². The summed E-state index contributed by atoms with van der Waals surface area (Å²) in [6, 6.07) is 7.71. The number of nitrogens with zero attached hydrogens (tertiary/aromatic N) is 1. The van der Waals surface area contributed by atoms with Crippen LogP contribution in [0.2, 0.25) is 0 Å². The fourth-order valence-electron chi connectivity index (χ4n) is 2.87. The first-order chi connectivity index (χ1) is 10.3. The summed E-state index contributed by atoms with van der Waals surface area (Å²) in [4.78, 5) is 16.5. The number of hydrogen-bond acceptors (Lipinski definition) is 2. The molecule has 0 aliphatic heterocycles. The molecule has 0 atom stereocenters. The van der Waals surface area contributed by atoms with E-state index in [4.69, 9.17) is 0 Å². The molecule has 0 saturated carbocycles. The van der Waals surface area contributed by atoms with Gasteiger partial charge in [-0.05, 0) is 49.6 Å². The van der Waals surface area contributed by atoms with E-state index >= 15 is 0 Å². The van der Waals surface area contributed by atoms with Crippen molar-refractivity contribution in [1.82, 2.24) is 10.3 Å². The van der Waals surface area contributed by atoms with Crippen LogP contribution < -0.4 is 5.32 Å². The predicted molar refractivity (Wildman–Crippen MR) is 85.2 cm³/mol. The Morgan fingerprint density at radius 1 is 1.24 bits per heavy atom. The molecule has 108 valence electrons. The smallest absolute Gasteiger partial charge is 0.251 e. The molecule has 0 saturated heterocycles. The first-order valence-electron chi connectivity index (χ1n) is 7.63. The van der Waals surface area contributed by atoms with Crippen molar-refractivity contribution in [2.45, 2.75) is 32.1 Å². The molecular weight excluding hydrogens is 260 g/mol. The first kappa shape index (κ1) is 13.8. The average Bonchev–Trinajstić information content (AvgIpc) is 2.55. The first-order valence-corrected chi connectivity index (χ1v) is 7.63. The van der Waals surface area contributed by atoms with Crippen molar-refractivity contribution >= 4 is 16.7 Å². The van der Waals surface area contributed by atoms with E-state index in [1.165, 1.54) is 31.3 Å². The van der Waals surface area contributed by atoms with Gasteiger partial charge in [-0.25, -0.2) is 0 Å². The molecule has 1 heterocycles. The zero-order chi connectivity index (χ0) is 14.5. The zero-order valence-electron chi connectivity index (χ0n) is 12.1. The molecule has 1 amide bonds. The maximum Gasteiger partial charge on any atom is 0.251 e. The van der Waals surface area contributed by atoms with E-state index in [9.17, 15) is 4.79 Å². The summed E-state index contributed by atoms with van der Waals surface area (Å²) in [5, 5.41) is 4.99. The third-order valence-corrected chi connectivity index (χ3v) is 4.04. The number of carbonyl (C=O) groups excluding carboxylic acids is 1. The maximum atomic E-state index is 12.3. The van der Waals surface area contributed by atoms with Gasteiger partial charge in [0.1, 0.15) is 0 Å². The van der Waals surface area contributed by atoms with Crippen molar-refractivity contribution in [2.24, 2.45) is 0 Å². The summed E-state index contributed by atoms with van der Waals surface area (Å²) in [6.45, 7) is 0.710. The van der Waals surface area contributed by atoms with Gasteiger partial charge in [0.05, 0.1) is 0 Å². The zero-order valence-corrected chi connectivity index (χ0v) is 12.1. The molecule has 3 nitrogen and oxygen atoms in total. The van der Waals surface area contributed by atoms with Crippen LogP contribution in [0.5, 0.6) is 0 Å². The lowest BCUT2D eigenvalue weighted by molar-refractivity contribution is 0.0955. The number of rotatable bonds is 4. The highest BCUT2D eigenvalue weighted by Gasteiger charge is 2.10.